The van der Waals surface area contributed by atoms with Crippen LogP contribution < -0.4 is 15.1 Å². The van der Waals surface area contributed by atoms with Crippen molar-refractivity contribution in [1.29, 1.82) is 0 Å². The molecule has 218 valence electrons. The van der Waals surface area contributed by atoms with E-state index in [1.165, 1.54) is 5.69 Å². The van der Waals surface area contributed by atoms with E-state index >= 15 is 0 Å². The lowest BCUT2D eigenvalue weighted by Crippen LogP contribution is -2.48. The molecule has 0 unspecified atom stereocenters. The van der Waals surface area contributed by atoms with Gasteiger partial charge in [-0.2, -0.15) is 0 Å². The fourth-order valence-electron chi connectivity index (χ4n) is 3.69. The van der Waals surface area contributed by atoms with Crippen molar-refractivity contribution < 1.29 is 44.4 Å². The molecule has 0 radical (unpaired) electrons. The fraction of sp³-hybridized carbons (Fsp3) is 0.259. The Morgan fingerprint density at radius 2 is 1.29 bits per heavy atom. The average Bonchev–Trinajstić information content (AvgIpc) is 2.94. The van der Waals surface area contributed by atoms with Gasteiger partial charge in [0, 0.05) is 57.4 Å². The average molecular weight is 570 g/mol. The van der Waals surface area contributed by atoms with E-state index in [0.29, 0.717) is 6.54 Å². The Bertz CT molecular complexity index is 1330. The SMILES string of the molecule is CN(C)c1cc(NC(=O)CN2CCN(c3ccccc3)CC2)c2ccccc2n1.O=C(O)C(=O)O.O=C(O)C(=O)O. The number of benzene rings is 2. The van der Waals surface area contributed by atoms with Gasteiger partial charge in [-0.25, -0.2) is 24.2 Å². The molecule has 1 aliphatic heterocycles. The van der Waals surface area contributed by atoms with Crippen molar-refractivity contribution in [2.75, 3.05) is 61.9 Å². The lowest BCUT2D eigenvalue weighted by Gasteiger charge is -2.35. The first-order chi connectivity index (χ1) is 19.4. The molecule has 1 fully saturated rings. The summed E-state index contributed by atoms with van der Waals surface area (Å²) in [5, 5.41) is 33.6. The smallest absolute Gasteiger partial charge is 0.414 e. The number of hydrogen-bond acceptors (Lipinski definition) is 9. The number of carboxylic acids is 4. The Morgan fingerprint density at radius 1 is 0.780 bits per heavy atom. The number of rotatable bonds is 5. The predicted molar refractivity (Wildman–Crippen MR) is 150 cm³/mol. The van der Waals surface area contributed by atoms with Gasteiger partial charge in [-0.05, 0) is 18.2 Å². The van der Waals surface area contributed by atoms with Crippen molar-refractivity contribution in [3.63, 3.8) is 0 Å². The van der Waals surface area contributed by atoms with Crippen molar-refractivity contribution in [3.8, 4) is 0 Å². The maximum atomic E-state index is 12.8. The molecule has 0 saturated carbocycles. The second-order valence-corrected chi connectivity index (χ2v) is 8.81. The van der Waals surface area contributed by atoms with Gasteiger partial charge < -0.3 is 35.5 Å². The molecule has 4 rings (SSSR count). The van der Waals surface area contributed by atoms with Crippen LogP contribution in [0.25, 0.3) is 10.9 Å². The summed E-state index contributed by atoms with van der Waals surface area (Å²) in [6.45, 7) is 4.02. The summed E-state index contributed by atoms with van der Waals surface area (Å²) < 4.78 is 0. The maximum Gasteiger partial charge on any atom is 0.414 e. The third-order valence-electron chi connectivity index (χ3n) is 5.66. The van der Waals surface area contributed by atoms with Crippen molar-refractivity contribution in [1.82, 2.24) is 9.88 Å². The predicted octanol–water partition coefficient (Wildman–Crippen LogP) is 1.37. The number of aliphatic carboxylic acids is 4. The Morgan fingerprint density at radius 3 is 1.80 bits per heavy atom. The monoisotopic (exact) mass is 569 g/mol. The second-order valence-electron chi connectivity index (χ2n) is 8.81. The Labute approximate surface area is 235 Å². The Kier molecular flexibility index (Phi) is 12.0. The minimum atomic E-state index is -1.82. The molecule has 1 saturated heterocycles. The van der Waals surface area contributed by atoms with Gasteiger partial charge in [-0.1, -0.05) is 36.4 Å². The summed E-state index contributed by atoms with van der Waals surface area (Å²) in [6.07, 6.45) is 0. The molecule has 2 aromatic carbocycles. The third-order valence-corrected chi connectivity index (χ3v) is 5.66. The van der Waals surface area contributed by atoms with Gasteiger partial charge >= 0.3 is 23.9 Å². The number of anilines is 3. The zero-order chi connectivity index (χ0) is 30.5. The number of pyridine rings is 1. The van der Waals surface area contributed by atoms with Crippen LogP contribution in [0.3, 0.4) is 0 Å². The van der Waals surface area contributed by atoms with E-state index in [1.54, 1.807) is 0 Å². The number of carbonyl (C=O) groups is 5. The quantitative estimate of drug-likeness (QED) is 0.276. The van der Waals surface area contributed by atoms with Crippen LogP contribution in [-0.2, 0) is 24.0 Å². The molecule has 3 aromatic rings. The summed E-state index contributed by atoms with van der Waals surface area (Å²) >= 11 is 0. The van der Waals surface area contributed by atoms with Crippen molar-refractivity contribution in [3.05, 3.63) is 60.7 Å². The van der Waals surface area contributed by atoms with E-state index in [-0.39, 0.29) is 5.91 Å². The molecule has 2 heterocycles. The first-order valence-electron chi connectivity index (χ1n) is 12.2. The van der Waals surface area contributed by atoms with Gasteiger partial charge in [-0.15, -0.1) is 0 Å². The molecule has 1 aliphatic rings. The molecule has 5 N–H and O–H groups in total. The topological polar surface area (TPSA) is 201 Å². The molecule has 1 aromatic heterocycles. The lowest BCUT2D eigenvalue weighted by molar-refractivity contribution is -0.159. The molecule has 1 amide bonds. The summed E-state index contributed by atoms with van der Waals surface area (Å²) in [6, 6.07) is 20.3. The number of fused-ring (bicyclic) bond motifs is 1. The number of nitrogens with one attached hydrogen (secondary N) is 1. The zero-order valence-electron chi connectivity index (χ0n) is 22.4. The van der Waals surface area contributed by atoms with Crippen molar-refractivity contribution in [2.45, 2.75) is 0 Å². The number of amides is 1. The lowest BCUT2D eigenvalue weighted by atomic mass is 10.1. The van der Waals surface area contributed by atoms with Crippen molar-refractivity contribution in [2.24, 2.45) is 0 Å². The van der Waals surface area contributed by atoms with Gasteiger partial charge in [0.15, 0.2) is 0 Å². The minimum absolute atomic E-state index is 0.0132. The molecule has 0 atom stereocenters. The molecule has 0 bridgehead atoms. The van der Waals surface area contributed by atoms with Gasteiger partial charge in [-0.3, -0.25) is 9.69 Å². The van der Waals surface area contributed by atoms with Crippen LogP contribution in [0, 0.1) is 0 Å². The highest BCUT2D eigenvalue weighted by molar-refractivity contribution is 6.27. The molecular formula is C27H31N5O9. The van der Waals surface area contributed by atoms with E-state index in [1.807, 2.05) is 55.4 Å². The molecule has 14 heteroatoms. The van der Waals surface area contributed by atoms with E-state index in [0.717, 1.165) is 48.6 Å². The van der Waals surface area contributed by atoms with Crippen LogP contribution in [0.2, 0.25) is 0 Å². The Balaban J connectivity index is 0.000000413. The van der Waals surface area contributed by atoms with Crippen molar-refractivity contribution >= 4 is 57.9 Å². The molecule has 41 heavy (non-hydrogen) atoms. The normalized spacial score (nSPS) is 12.6. The van der Waals surface area contributed by atoms with Crippen LogP contribution in [0.1, 0.15) is 0 Å². The first kappa shape index (κ1) is 32.0. The van der Waals surface area contributed by atoms with Gasteiger partial charge in [0.25, 0.3) is 0 Å². The molecular weight excluding hydrogens is 538 g/mol. The van der Waals surface area contributed by atoms with Gasteiger partial charge in [0.05, 0.1) is 17.7 Å². The number of carbonyl (C=O) groups excluding carboxylic acids is 1. The van der Waals surface area contributed by atoms with Crippen LogP contribution in [0.4, 0.5) is 17.2 Å². The fourth-order valence-corrected chi connectivity index (χ4v) is 3.69. The standard InChI is InChI=1S/C23H27N5O.2C2H2O4/c1-26(2)22-16-21(19-10-6-7-11-20(19)24-22)25-23(29)17-27-12-14-28(15-13-27)18-8-4-3-5-9-18;2*3-1(4)2(5)6/h3-11,16H,12-15,17H2,1-2H3,(H,24,25,29);2*(H,3,4)(H,5,6). The highest BCUT2D eigenvalue weighted by Gasteiger charge is 2.20. The second kappa shape index (κ2) is 15.4. The highest BCUT2D eigenvalue weighted by atomic mass is 16.4. The number of nitrogens with zero attached hydrogens (tertiary/aromatic N) is 4. The van der Waals surface area contributed by atoms with E-state index < -0.39 is 23.9 Å². The number of hydrogen-bond donors (Lipinski definition) is 5. The zero-order valence-corrected chi connectivity index (χ0v) is 22.4. The first-order valence-corrected chi connectivity index (χ1v) is 12.2. The van der Waals surface area contributed by atoms with E-state index in [2.05, 4.69) is 44.4 Å². The van der Waals surface area contributed by atoms with E-state index in [9.17, 15) is 4.79 Å². The maximum absolute atomic E-state index is 12.8. The van der Waals surface area contributed by atoms with Crippen LogP contribution in [0.5, 0.6) is 0 Å². The third kappa shape index (κ3) is 10.4. The number of piperazine rings is 1. The largest absolute Gasteiger partial charge is 0.473 e. The van der Waals surface area contributed by atoms with E-state index in [4.69, 9.17) is 39.6 Å². The Hall–Kier alpha value is -5.24. The van der Waals surface area contributed by atoms with Crippen LogP contribution in [0.15, 0.2) is 60.7 Å². The van der Waals surface area contributed by atoms with Gasteiger partial charge in [0.1, 0.15) is 5.82 Å². The summed E-state index contributed by atoms with van der Waals surface area (Å²) in [4.78, 5) is 60.3. The minimum Gasteiger partial charge on any atom is -0.473 e. The van der Waals surface area contributed by atoms with Crippen LogP contribution in [-0.4, -0.2) is 107 Å². The summed E-state index contributed by atoms with van der Waals surface area (Å²) in [7, 11) is 3.91. The number of para-hydroxylation sites is 2. The molecule has 0 aliphatic carbocycles. The summed E-state index contributed by atoms with van der Waals surface area (Å²) in [5.74, 6) is -6.45. The molecule has 14 nitrogen and oxygen atoms in total. The number of carboxylic acid groups (broad SMARTS) is 4. The number of aromatic nitrogens is 1. The summed E-state index contributed by atoms with van der Waals surface area (Å²) in [5.41, 5.74) is 2.94. The van der Waals surface area contributed by atoms with Crippen LogP contribution >= 0.6 is 0 Å². The molecule has 0 spiro atoms. The van der Waals surface area contributed by atoms with Gasteiger partial charge in [0.2, 0.25) is 5.91 Å². The highest BCUT2D eigenvalue weighted by Crippen LogP contribution is 2.26.